The highest BCUT2D eigenvalue weighted by molar-refractivity contribution is 6.30. The number of amides is 1. The monoisotopic (exact) mass is 360 g/mol. The number of hydrogen-bond donors (Lipinski definition) is 1. The van der Waals surface area contributed by atoms with Gasteiger partial charge < -0.3 is 15.0 Å². The van der Waals surface area contributed by atoms with Crippen molar-refractivity contribution in [2.24, 2.45) is 0 Å². The summed E-state index contributed by atoms with van der Waals surface area (Å²) < 4.78 is 5.09. The molecule has 5 nitrogen and oxygen atoms in total. The van der Waals surface area contributed by atoms with Crippen molar-refractivity contribution >= 4 is 29.2 Å². The fraction of sp³-hybridized carbons (Fsp3) is 0.263. The van der Waals surface area contributed by atoms with E-state index in [1.54, 1.807) is 30.3 Å². The summed E-state index contributed by atoms with van der Waals surface area (Å²) in [5, 5.41) is 3.42. The zero-order valence-corrected chi connectivity index (χ0v) is 15.2. The van der Waals surface area contributed by atoms with Crippen LogP contribution in [0.3, 0.4) is 0 Å². The summed E-state index contributed by atoms with van der Waals surface area (Å²) in [5.74, 6) is -0.891. The quantitative estimate of drug-likeness (QED) is 0.802. The molecule has 0 aliphatic carbocycles. The lowest BCUT2D eigenvalue weighted by atomic mass is 10.1. The van der Waals surface area contributed by atoms with E-state index in [4.69, 9.17) is 16.3 Å². The Kier molecular flexibility index (Phi) is 6.42. The molecule has 0 unspecified atom stereocenters. The number of nitrogens with one attached hydrogen (secondary N) is 1. The molecular formula is C19H21ClN2O3. The Morgan fingerprint density at radius 3 is 2.48 bits per heavy atom. The molecule has 0 bridgehead atoms. The van der Waals surface area contributed by atoms with Gasteiger partial charge in [0.1, 0.15) is 0 Å². The number of hydrogen-bond acceptors (Lipinski definition) is 4. The number of carbonyl (C=O) groups is 2. The van der Waals surface area contributed by atoms with Crippen molar-refractivity contribution in [1.82, 2.24) is 5.32 Å². The molecule has 0 fully saturated rings. The number of rotatable bonds is 6. The Bertz CT molecular complexity index is 745. The highest BCUT2D eigenvalue weighted by Crippen LogP contribution is 2.16. The largest absolute Gasteiger partial charge is 0.452 e. The molecule has 0 radical (unpaired) electrons. The van der Waals surface area contributed by atoms with E-state index in [1.165, 1.54) is 0 Å². The third kappa shape index (κ3) is 5.50. The van der Waals surface area contributed by atoms with Crippen LogP contribution in [0.1, 0.15) is 28.9 Å². The minimum atomic E-state index is -0.530. The molecule has 0 aliphatic heterocycles. The van der Waals surface area contributed by atoms with Crippen LogP contribution in [0.15, 0.2) is 48.5 Å². The van der Waals surface area contributed by atoms with Gasteiger partial charge in [0.2, 0.25) is 0 Å². The van der Waals surface area contributed by atoms with Crippen LogP contribution in [0.25, 0.3) is 0 Å². The van der Waals surface area contributed by atoms with Crippen molar-refractivity contribution in [2.75, 3.05) is 25.6 Å². The van der Waals surface area contributed by atoms with Crippen LogP contribution < -0.4 is 10.2 Å². The second-order valence-corrected chi connectivity index (χ2v) is 6.30. The first-order valence-electron chi connectivity index (χ1n) is 7.86. The number of anilines is 1. The van der Waals surface area contributed by atoms with E-state index in [1.807, 2.05) is 44.1 Å². The van der Waals surface area contributed by atoms with Crippen molar-refractivity contribution in [2.45, 2.75) is 13.0 Å². The minimum Gasteiger partial charge on any atom is -0.452 e. The van der Waals surface area contributed by atoms with Crippen molar-refractivity contribution in [1.29, 1.82) is 0 Å². The third-order valence-corrected chi connectivity index (χ3v) is 3.93. The number of carbonyl (C=O) groups excluding carboxylic acids is 2. The number of halogens is 1. The summed E-state index contributed by atoms with van der Waals surface area (Å²) in [6.07, 6.45) is 0. The van der Waals surface area contributed by atoms with Crippen LogP contribution >= 0.6 is 11.6 Å². The van der Waals surface area contributed by atoms with Crippen LogP contribution in [0.5, 0.6) is 0 Å². The highest BCUT2D eigenvalue weighted by atomic mass is 35.5. The Morgan fingerprint density at radius 1 is 1.16 bits per heavy atom. The van der Waals surface area contributed by atoms with Gasteiger partial charge in [0.25, 0.3) is 5.91 Å². The second kappa shape index (κ2) is 8.53. The van der Waals surface area contributed by atoms with Crippen molar-refractivity contribution in [3.8, 4) is 0 Å². The minimum absolute atomic E-state index is 0.208. The predicted molar refractivity (Wildman–Crippen MR) is 99.1 cm³/mol. The molecule has 0 saturated carbocycles. The first-order chi connectivity index (χ1) is 11.9. The molecule has 0 aromatic heterocycles. The van der Waals surface area contributed by atoms with Gasteiger partial charge in [-0.25, -0.2) is 4.79 Å². The fourth-order valence-corrected chi connectivity index (χ4v) is 2.37. The first kappa shape index (κ1) is 18.8. The molecule has 25 heavy (non-hydrogen) atoms. The highest BCUT2D eigenvalue weighted by Gasteiger charge is 2.13. The van der Waals surface area contributed by atoms with Gasteiger partial charge in [-0.2, -0.15) is 0 Å². The average Bonchev–Trinajstić information content (AvgIpc) is 2.60. The Hall–Kier alpha value is -2.53. The van der Waals surface area contributed by atoms with Crippen molar-refractivity contribution in [3.63, 3.8) is 0 Å². The molecule has 132 valence electrons. The summed E-state index contributed by atoms with van der Waals surface area (Å²) in [6, 6.07) is 14.0. The lowest BCUT2D eigenvalue weighted by molar-refractivity contribution is -0.124. The van der Waals surface area contributed by atoms with E-state index < -0.39 is 5.97 Å². The van der Waals surface area contributed by atoms with E-state index in [2.05, 4.69) is 5.32 Å². The van der Waals surface area contributed by atoms with Gasteiger partial charge in [-0.05, 0) is 42.8 Å². The van der Waals surface area contributed by atoms with Crippen LogP contribution in [0.2, 0.25) is 5.02 Å². The zero-order valence-electron chi connectivity index (χ0n) is 14.5. The molecule has 0 aliphatic rings. The first-order valence-corrected chi connectivity index (χ1v) is 8.24. The Labute approximate surface area is 152 Å². The Balaban J connectivity index is 1.88. The topological polar surface area (TPSA) is 58.6 Å². The van der Waals surface area contributed by atoms with E-state index in [0.29, 0.717) is 10.6 Å². The lowest BCUT2D eigenvalue weighted by Gasteiger charge is -2.15. The summed E-state index contributed by atoms with van der Waals surface area (Å²) in [7, 11) is 3.77. The van der Waals surface area contributed by atoms with Crippen LogP contribution in [0, 0.1) is 0 Å². The van der Waals surface area contributed by atoms with Crippen LogP contribution in [0.4, 0.5) is 5.69 Å². The molecule has 0 saturated heterocycles. The van der Waals surface area contributed by atoms with Crippen molar-refractivity contribution < 1.29 is 14.3 Å². The molecule has 2 rings (SSSR count). The van der Waals surface area contributed by atoms with Gasteiger partial charge >= 0.3 is 5.97 Å². The van der Waals surface area contributed by atoms with Crippen LogP contribution in [-0.4, -0.2) is 32.6 Å². The maximum Gasteiger partial charge on any atom is 0.338 e. The summed E-state index contributed by atoms with van der Waals surface area (Å²) >= 11 is 5.85. The molecule has 0 spiro atoms. The molecule has 1 atom stereocenters. The van der Waals surface area contributed by atoms with Gasteiger partial charge in [0, 0.05) is 24.8 Å². The van der Waals surface area contributed by atoms with Crippen LogP contribution in [-0.2, 0) is 9.53 Å². The zero-order chi connectivity index (χ0) is 18.4. The number of benzene rings is 2. The molecular weight excluding hydrogens is 340 g/mol. The molecule has 2 aromatic rings. The number of ether oxygens (including phenoxy) is 1. The van der Waals surface area contributed by atoms with Gasteiger partial charge in [0.05, 0.1) is 11.6 Å². The summed E-state index contributed by atoms with van der Waals surface area (Å²) in [5.41, 5.74) is 2.21. The average molecular weight is 361 g/mol. The molecule has 1 N–H and O–H groups in total. The van der Waals surface area contributed by atoms with Crippen molar-refractivity contribution in [3.05, 3.63) is 64.7 Å². The lowest BCUT2D eigenvalue weighted by Crippen LogP contribution is -2.31. The van der Waals surface area contributed by atoms with E-state index in [0.717, 1.165) is 11.3 Å². The molecule has 6 heteroatoms. The number of nitrogens with zero attached hydrogens (tertiary/aromatic N) is 1. The normalized spacial score (nSPS) is 11.5. The third-order valence-electron chi connectivity index (χ3n) is 3.68. The van der Waals surface area contributed by atoms with E-state index >= 15 is 0 Å². The second-order valence-electron chi connectivity index (χ2n) is 5.86. The Morgan fingerprint density at radius 2 is 1.84 bits per heavy atom. The van der Waals surface area contributed by atoms with Gasteiger partial charge in [0.15, 0.2) is 6.61 Å². The van der Waals surface area contributed by atoms with Gasteiger partial charge in [-0.15, -0.1) is 0 Å². The van der Waals surface area contributed by atoms with Gasteiger partial charge in [-0.1, -0.05) is 29.8 Å². The smallest absolute Gasteiger partial charge is 0.338 e. The van der Waals surface area contributed by atoms with E-state index in [-0.39, 0.29) is 18.6 Å². The molecule has 1 amide bonds. The maximum absolute atomic E-state index is 12.1. The number of esters is 1. The SMILES string of the molecule is C[C@H](NC(=O)COC(=O)c1cccc(N(C)C)c1)c1ccc(Cl)cc1. The maximum atomic E-state index is 12.1. The fourth-order valence-electron chi connectivity index (χ4n) is 2.24. The van der Waals surface area contributed by atoms with Gasteiger partial charge in [-0.3, -0.25) is 4.79 Å². The summed E-state index contributed by atoms with van der Waals surface area (Å²) in [4.78, 5) is 26.0. The molecule has 0 heterocycles. The predicted octanol–water partition coefficient (Wildman–Crippen LogP) is 3.44. The molecule has 2 aromatic carbocycles. The van der Waals surface area contributed by atoms with E-state index in [9.17, 15) is 9.59 Å². The summed E-state index contributed by atoms with van der Waals surface area (Å²) in [6.45, 7) is 1.52. The standard InChI is InChI=1S/C19H21ClN2O3/c1-13(14-7-9-16(20)10-8-14)21-18(23)12-25-19(24)15-5-4-6-17(11-15)22(2)3/h4-11,13H,12H2,1-3H3,(H,21,23)/t13-/m0/s1.